The van der Waals surface area contributed by atoms with E-state index in [1.54, 1.807) is 0 Å². The van der Waals surface area contributed by atoms with Gasteiger partial charge in [0.05, 0.1) is 11.6 Å². The molecule has 1 aliphatic heterocycles. The predicted molar refractivity (Wildman–Crippen MR) is 70.9 cm³/mol. The summed E-state index contributed by atoms with van der Waals surface area (Å²) in [6.07, 6.45) is 3.27. The van der Waals surface area contributed by atoms with E-state index in [0.717, 1.165) is 42.6 Å². The van der Waals surface area contributed by atoms with Crippen LogP contribution in [-0.2, 0) is 4.74 Å². The lowest BCUT2D eigenvalue weighted by molar-refractivity contribution is 0.144. The van der Waals surface area contributed by atoms with Crippen molar-refractivity contribution in [3.63, 3.8) is 0 Å². The Labute approximate surface area is 110 Å². The zero-order chi connectivity index (χ0) is 12.1. The van der Waals surface area contributed by atoms with Crippen LogP contribution in [0.1, 0.15) is 24.8 Å². The molecule has 3 nitrogen and oxygen atoms in total. The van der Waals surface area contributed by atoms with Gasteiger partial charge in [0.1, 0.15) is 0 Å². The van der Waals surface area contributed by atoms with Gasteiger partial charge in [-0.1, -0.05) is 0 Å². The summed E-state index contributed by atoms with van der Waals surface area (Å²) in [4.78, 5) is 0. The van der Waals surface area contributed by atoms with Crippen LogP contribution in [0, 0.1) is 11.3 Å². The highest BCUT2D eigenvalue weighted by Gasteiger charge is 2.13. The summed E-state index contributed by atoms with van der Waals surface area (Å²) < 4.78 is 6.38. The van der Waals surface area contributed by atoms with Crippen LogP contribution in [0.25, 0.3) is 0 Å². The predicted octanol–water partition coefficient (Wildman–Crippen LogP) is 3.30. The molecule has 0 aromatic heterocycles. The van der Waals surface area contributed by atoms with Crippen molar-refractivity contribution in [2.24, 2.45) is 0 Å². The van der Waals surface area contributed by atoms with Crippen LogP contribution in [-0.4, -0.2) is 19.3 Å². The van der Waals surface area contributed by atoms with E-state index in [1.807, 2.05) is 18.2 Å². The molecule has 0 spiro atoms. The average Bonchev–Trinajstić information content (AvgIpc) is 2.60. The van der Waals surface area contributed by atoms with Crippen molar-refractivity contribution in [1.82, 2.24) is 0 Å². The molecular formula is C13H15BrN2O. The third kappa shape index (κ3) is 3.45. The molecule has 1 N–H and O–H groups in total. The van der Waals surface area contributed by atoms with E-state index in [4.69, 9.17) is 10.00 Å². The van der Waals surface area contributed by atoms with Gasteiger partial charge < -0.3 is 10.1 Å². The molecule has 0 saturated carbocycles. The summed E-state index contributed by atoms with van der Waals surface area (Å²) in [6, 6.07) is 8.22. The molecule has 2 rings (SSSR count). The number of nitriles is 1. The summed E-state index contributed by atoms with van der Waals surface area (Å²) in [5.41, 5.74) is 1.72. The summed E-state index contributed by atoms with van der Waals surface area (Å²) in [5.74, 6) is 0. The van der Waals surface area contributed by atoms with Crippen LogP contribution in [0.3, 0.4) is 0 Å². The Morgan fingerprint density at radius 2 is 2.24 bits per heavy atom. The second kappa shape index (κ2) is 6.04. The maximum atomic E-state index is 8.80. The Hall–Kier alpha value is -1.05. The first-order chi connectivity index (χ1) is 8.29. The Morgan fingerprint density at radius 1 is 1.35 bits per heavy atom. The zero-order valence-corrected chi connectivity index (χ0v) is 11.2. The maximum Gasteiger partial charge on any atom is 0.0992 e. The summed E-state index contributed by atoms with van der Waals surface area (Å²) in [5, 5.41) is 12.3. The SMILES string of the molecule is N#Cc1ccc(NC2CCCOCC2)c(Br)c1. The van der Waals surface area contributed by atoms with Gasteiger partial charge >= 0.3 is 0 Å². The van der Waals surface area contributed by atoms with Crippen molar-refractivity contribution >= 4 is 21.6 Å². The van der Waals surface area contributed by atoms with Gasteiger partial charge in [-0.2, -0.15) is 5.26 Å². The quantitative estimate of drug-likeness (QED) is 0.910. The minimum atomic E-state index is 0.460. The average molecular weight is 295 g/mol. The van der Waals surface area contributed by atoms with E-state index in [-0.39, 0.29) is 0 Å². The molecule has 0 bridgehead atoms. The number of hydrogen-bond donors (Lipinski definition) is 1. The van der Waals surface area contributed by atoms with Crippen molar-refractivity contribution in [3.8, 4) is 6.07 Å². The fraction of sp³-hybridized carbons (Fsp3) is 0.462. The van der Waals surface area contributed by atoms with E-state index in [1.165, 1.54) is 0 Å². The topological polar surface area (TPSA) is 45.0 Å². The van der Waals surface area contributed by atoms with Crippen LogP contribution in [0.4, 0.5) is 5.69 Å². The molecule has 1 atom stereocenters. The van der Waals surface area contributed by atoms with E-state index >= 15 is 0 Å². The maximum absolute atomic E-state index is 8.80. The van der Waals surface area contributed by atoms with E-state index < -0.39 is 0 Å². The molecule has 0 amide bonds. The third-order valence-electron chi connectivity index (χ3n) is 2.91. The monoisotopic (exact) mass is 294 g/mol. The van der Waals surface area contributed by atoms with Gasteiger partial charge in [0.25, 0.3) is 0 Å². The first-order valence-electron chi connectivity index (χ1n) is 5.83. The molecule has 0 aliphatic carbocycles. The molecule has 90 valence electrons. The molecule has 1 heterocycles. The molecule has 1 fully saturated rings. The minimum Gasteiger partial charge on any atom is -0.381 e. The highest BCUT2D eigenvalue weighted by Crippen LogP contribution is 2.25. The number of ether oxygens (including phenoxy) is 1. The first-order valence-corrected chi connectivity index (χ1v) is 6.63. The van der Waals surface area contributed by atoms with Gasteiger partial charge in [0, 0.05) is 29.4 Å². The second-order valence-electron chi connectivity index (χ2n) is 4.19. The summed E-state index contributed by atoms with van der Waals surface area (Å²) in [7, 11) is 0. The minimum absolute atomic E-state index is 0.460. The first kappa shape index (κ1) is 12.4. The lowest BCUT2D eigenvalue weighted by atomic mass is 10.1. The molecule has 1 saturated heterocycles. The summed E-state index contributed by atoms with van der Waals surface area (Å²) >= 11 is 3.49. The van der Waals surface area contributed by atoms with Gasteiger partial charge in [-0.15, -0.1) is 0 Å². The Morgan fingerprint density at radius 3 is 3.00 bits per heavy atom. The molecule has 1 aliphatic rings. The van der Waals surface area contributed by atoms with Crippen molar-refractivity contribution in [3.05, 3.63) is 28.2 Å². The number of halogens is 1. The molecule has 4 heteroatoms. The Bertz CT molecular complexity index is 420. The number of anilines is 1. The Kier molecular flexibility index (Phi) is 4.41. The zero-order valence-electron chi connectivity index (χ0n) is 9.58. The van der Waals surface area contributed by atoms with Gasteiger partial charge in [0.2, 0.25) is 0 Å². The lowest BCUT2D eigenvalue weighted by Gasteiger charge is -2.18. The van der Waals surface area contributed by atoms with Gasteiger partial charge in [-0.3, -0.25) is 0 Å². The number of benzene rings is 1. The fourth-order valence-corrected chi connectivity index (χ4v) is 2.46. The smallest absolute Gasteiger partial charge is 0.0992 e. The van der Waals surface area contributed by atoms with E-state index in [9.17, 15) is 0 Å². The molecule has 1 unspecified atom stereocenters. The van der Waals surface area contributed by atoms with Crippen LogP contribution >= 0.6 is 15.9 Å². The van der Waals surface area contributed by atoms with Gasteiger partial charge in [-0.25, -0.2) is 0 Å². The number of hydrogen-bond acceptors (Lipinski definition) is 3. The largest absolute Gasteiger partial charge is 0.381 e. The highest BCUT2D eigenvalue weighted by atomic mass is 79.9. The summed E-state index contributed by atoms with van der Waals surface area (Å²) in [6.45, 7) is 1.69. The molecule has 1 aromatic carbocycles. The van der Waals surface area contributed by atoms with Crippen molar-refractivity contribution in [2.45, 2.75) is 25.3 Å². The molecule has 17 heavy (non-hydrogen) atoms. The fourth-order valence-electron chi connectivity index (χ4n) is 1.97. The molecule has 1 aromatic rings. The van der Waals surface area contributed by atoms with Crippen LogP contribution in [0.5, 0.6) is 0 Å². The van der Waals surface area contributed by atoms with E-state index in [2.05, 4.69) is 27.3 Å². The van der Waals surface area contributed by atoms with Crippen LogP contribution in [0.15, 0.2) is 22.7 Å². The van der Waals surface area contributed by atoms with Crippen molar-refractivity contribution in [1.29, 1.82) is 5.26 Å². The molecular weight excluding hydrogens is 280 g/mol. The van der Waals surface area contributed by atoms with Gasteiger partial charge in [0.15, 0.2) is 0 Å². The highest BCUT2D eigenvalue weighted by molar-refractivity contribution is 9.10. The van der Waals surface area contributed by atoms with Crippen molar-refractivity contribution in [2.75, 3.05) is 18.5 Å². The number of nitrogens with one attached hydrogen (secondary N) is 1. The second-order valence-corrected chi connectivity index (χ2v) is 5.05. The number of rotatable bonds is 2. The normalized spacial score (nSPS) is 20.4. The third-order valence-corrected chi connectivity index (χ3v) is 3.57. The number of nitrogens with zero attached hydrogens (tertiary/aromatic N) is 1. The van der Waals surface area contributed by atoms with Crippen LogP contribution in [0.2, 0.25) is 0 Å². The molecule has 0 radical (unpaired) electrons. The van der Waals surface area contributed by atoms with E-state index in [0.29, 0.717) is 11.6 Å². The van der Waals surface area contributed by atoms with Crippen LogP contribution < -0.4 is 5.32 Å². The van der Waals surface area contributed by atoms with Gasteiger partial charge in [-0.05, 0) is 53.4 Å². The van der Waals surface area contributed by atoms with Crippen molar-refractivity contribution < 1.29 is 4.74 Å². The standard InChI is InChI=1S/C13H15BrN2O/c14-12-8-10(9-15)3-4-13(12)16-11-2-1-6-17-7-5-11/h3-4,8,11,16H,1-2,5-7H2. The lowest BCUT2D eigenvalue weighted by Crippen LogP contribution is -2.19. The Balaban J connectivity index is 2.05.